The van der Waals surface area contributed by atoms with E-state index in [0.717, 1.165) is 0 Å². The van der Waals surface area contributed by atoms with Crippen LogP contribution in [0.2, 0.25) is 5.02 Å². The molecule has 0 saturated carbocycles. The third kappa shape index (κ3) is 3.51. The molecule has 0 radical (unpaired) electrons. The second-order valence-corrected chi connectivity index (χ2v) is 7.62. The van der Waals surface area contributed by atoms with E-state index in [4.69, 9.17) is 33.2 Å². The molecule has 0 unspecified atom stereocenters. The van der Waals surface area contributed by atoms with Gasteiger partial charge in [0.25, 0.3) is 0 Å². The lowest BCUT2D eigenvalue weighted by Gasteiger charge is -2.18. The van der Waals surface area contributed by atoms with Gasteiger partial charge in [-0.3, -0.25) is 0 Å². The van der Waals surface area contributed by atoms with Crippen LogP contribution in [0.5, 0.6) is 0 Å². The number of halogens is 3. The lowest BCUT2D eigenvalue weighted by atomic mass is 10.0. The average Bonchev–Trinajstić information content (AvgIpc) is 3.25. The van der Waals surface area contributed by atoms with Gasteiger partial charge in [0.1, 0.15) is 41.2 Å². The van der Waals surface area contributed by atoms with Crippen LogP contribution in [0.15, 0.2) is 36.9 Å². The molecule has 5 rings (SSSR count). The maximum absolute atomic E-state index is 14.1. The molecule has 0 fully saturated rings. The maximum Gasteiger partial charge on any atom is 0.221 e. The molecule has 152 valence electrons. The van der Waals surface area contributed by atoms with Crippen LogP contribution in [-0.2, 0) is 0 Å². The van der Waals surface area contributed by atoms with Gasteiger partial charge in [-0.1, -0.05) is 11.6 Å². The highest BCUT2D eigenvalue weighted by atomic mass is 35.5. The van der Waals surface area contributed by atoms with Crippen molar-refractivity contribution in [2.75, 3.05) is 5.32 Å². The molecule has 2 N–H and O–H groups in total. The Balaban J connectivity index is 1.66. The number of hydrogen-bond donors (Lipinski definition) is 2. The highest BCUT2D eigenvalue weighted by Gasteiger charge is 2.28. The van der Waals surface area contributed by atoms with E-state index in [-0.39, 0.29) is 6.04 Å². The fourth-order valence-electron chi connectivity index (χ4n) is 3.33. The number of allylic oxidation sites excluding steroid dienone is 2. The molecule has 31 heavy (non-hydrogen) atoms. The number of nitrogens with one attached hydrogen (secondary N) is 2. The van der Waals surface area contributed by atoms with Crippen molar-refractivity contribution >= 4 is 51.3 Å². The molecule has 4 aromatic rings. The van der Waals surface area contributed by atoms with Crippen molar-refractivity contribution in [1.29, 1.82) is 0 Å². The molecule has 0 spiro atoms. The molecule has 0 amide bonds. The molecule has 3 heterocycles. The normalized spacial score (nSPS) is 13.5. The van der Waals surface area contributed by atoms with Crippen molar-refractivity contribution in [3.05, 3.63) is 70.9 Å². The summed E-state index contributed by atoms with van der Waals surface area (Å²) in [6, 6.07) is 3.72. The number of aromatic nitrogens is 6. The highest BCUT2D eigenvalue weighted by Crippen LogP contribution is 2.36. The predicted octanol–water partition coefficient (Wildman–Crippen LogP) is 5.19. The van der Waals surface area contributed by atoms with Gasteiger partial charge in [0, 0.05) is 23.2 Å². The van der Waals surface area contributed by atoms with E-state index < -0.39 is 5.82 Å². The number of hydrogen-bond acceptors (Lipinski definition) is 6. The van der Waals surface area contributed by atoms with E-state index in [0.29, 0.717) is 55.4 Å². The largest absolute Gasteiger partial charge is 0.360 e. The van der Waals surface area contributed by atoms with Gasteiger partial charge in [-0.15, -0.1) is 0 Å². The first-order valence-corrected chi connectivity index (χ1v) is 10.00. The van der Waals surface area contributed by atoms with Crippen molar-refractivity contribution in [3.8, 4) is 11.3 Å². The van der Waals surface area contributed by atoms with Gasteiger partial charge < -0.3 is 10.3 Å². The van der Waals surface area contributed by atoms with Gasteiger partial charge in [-0.25, -0.2) is 24.3 Å². The Kier molecular flexibility index (Phi) is 4.82. The van der Waals surface area contributed by atoms with Crippen LogP contribution in [0.1, 0.15) is 30.0 Å². The minimum absolute atomic E-state index is 0.347. The zero-order valence-electron chi connectivity index (χ0n) is 16.0. The molecular weight excluding hydrogens is 440 g/mol. The van der Waals surface area contributed by atoms with Crippen molar-refractivity contribution < 1.29 is 4.39 Å². The summed E-state index contributed by atoms with van der Waals surface area (Å²) in [6.45, 7) is 1.89. The maximum atomic E-state index is 14.1. The molecule has 1 aliphatic carbocycles. The molecule has 10 heteroatoms. The average molecular weight is 453 g/mol. The standard InChI is InChI=1S/C21H13Cl2FN7/c1-10(29-21-19-20(26-8-25-19)27-9-28-21)16-17(12-7-11(24)5-6-13(12)22)31-18-14(23)3-2-4-15(18)30-16/h3-10H,1H3,(H2,25,26,27,28,29)/q+1/t10-/m0/s1. The summed E-state index contributed by atoms with van der Waals surface area (Å²) >= 11 is 12.7. The van der Waals surface area contributed by atoms with E-state index in [1.165, 1.54) is 24.5 Å². The molecule has 1 aliphatic rings. The van der Waals surface area contributed by atoms with Crippen LogP contribution < -0.4 is 5.32 Å². The van der Waals surface area contributed by atoms with Crippen LogP contribution in [-0.4, -0.2) is 29.9 Å². The summed E-state index contributed by atoms with van der Waals surface area (Å²) in [7, 11) is 0. The Labute approximate surface area is 186 Å². The number of nitrogens with zero attached hydrogens (tertiary/aromatic N) is 5. The number of aromatic amines is 1. The fraction of sp³-hybridized carbons (Fsp3) is 0.0952. The smallest absolute Gasteiger partial charge is 0.221 e. The first kappa shape index (κ1) is 19.5. The first-order chi connectivity index (χ1) is 15.0. The third-order valence-corrected chi connectivity index (χ3v) is 5.39. The van der Waals surface area contributed by atoms with Crippen LogP contribution in [0.3, 0.4) is 0 Å². The van der Waals surface area contributed by atoms with Gasteiger partial charge in [0.15, 0.2) is 16.5 Å². The van der Waals surface area contributed by atoms with E-state index >= 15 is 0 Å². The quantitative estimate of drug-likeness (QED) is 0.414. The zero-order chi connectivity index (χ0) is 21.5. The van der Waals surface area contributed by atoms with Crippen molar-refractivity contribution in [3.63, 3.8) is 0 Å². The van der Waals surface area contributed by atoms with Gasteiger partial charge in [-0.2, -0.15) is 4.98 Å². The Bertz CT molecular complexity index is 1380. The lowest BCUT2D eigenvalue weighted by molar-refractivity contribution is 0.628. The molecule has 0 aliphatic heterocycles. The molecule has 1 aromatic carbocycles. The number of anilines is 1. The number of fused-ring (bicyclic) bond motifs is 2. The molecule has 7 nitrogen and oxygen atoms in total. The SMILES string of the molecule is C[C@H](Nc1ncnc2nc[nH]c12)c1nc2c(nc1-c1cc(F)ccc1Cl)C(Cl)=C[C+]=C2. The Morgan fingerprint density at radius 1 is 1.13 bits per heavy atom. The Morgan fingerprint density at radius 3 is 2.87 bits per heavy atom. The van der Waals surface area contributed by atoms with Crippen molar-refractivity contribution in [1.82, 2.24) is 29.9 Å². The summed E-state index contributed by atoms with van der Waals surface area (Å²) in [5.41, 5.74) is 3.60. The monoisotopic (exact) mass is 452 g/mol. The van der Waals surface area contributed by atoms with Gasteiger partial charge >= 0.3 is 0 Å². The van der Waals surface area contributed by atoms with E-state index in [2.05, 4.69) is 31.3 Å². The zero-order valence-corrected chi connectivity index (χ0v) is 17.5. The van der Waals surface area contributed by atoms with E-state index in [1.54, 1.807) is 18.5 Å². The number of benzene rings is 1. The summed E-state index contributed by atoms with van der Waals surface area (Å²) in [4.78, 5) is 25.0. The van der Waals surface area contributed by atoms with Crippen LogP contribution in [0, 0.1) is 11.9 Å². The molecule has 0 saturated heterocycles. The topological polar surface area (TPSA) is 92.3 Å². The third-order valence-electron chi connectivity index (χ3n) is 4.78. The minimum atomic E-state index is -0.435. The van der Waals surface area contributed by atoms with Crippen LogP contribution in [0.25, 0.3) is 33.5 Å². The fourth-order valence-corrected chi connectivity index (χ4v) is 3.74. The molecule has 3 aromatic heterocycles. The minimum Gasteiger partial charge on any atom is -0.360 e. The van der Waals surface area contributed by atoms with Crippen molar-refractivity contribution in [2.45, 2.75) is 13.0 Å². The van der Waals surface area contributed by atoms with Crippen LogP contribution in [0.4, 0.5) is 10.2 Å². The number of rotatable bonds is 4. The van der Waals surface area contributed by atoms with Gasteiger partial charge in [0.05, 0.1) is 17.4 Å². The predicted molar refractivity (Wildman–Crippen MR) is 118 cm³/mol. The highest BCUT2D eigenvalue weighted by molar-refractivity contribution is 6.49. The van der Waals surface area contributed by atoms with E-state index in [1.807, 2.05) is 6.92 Å². The summed E-state index contributed by atoms with van der Waals surface area (Å²) in [5, 5.41) is 4.04. The molecule has 0 bridgehead atoms. The van der Waals surface area contributed by atoms with E-state index in [9.17, 15) is 4.39 Å². The van der Waals surface area contributed by atoms with Gasteiger partial charge in [0.2, 0.25) is 11.4 Å². The second kappa shape index (κ2) is 7.67. The summed E-state index contributed by atoms with van der Waals surface area (Å²) in [5.74, 6) is 0.112. The molecule has 1 atom stereocenters. The Hall–Kier alpha value is -3.45. The number of H-pyrrole nitrogens is 1. The Morgan fingerprint density at radius 2 is 2.00 bits per heavy atom. The van der Waals surface area contributed by atoms with Gasteiger partial charge in [-0.05, 0) is 25.1 Å². The summed E-state index contributed by atoms with van der Waals surface area (Å²) < 4.78 is 14.1. The first-order valence-electron chi connectivity index (χ1n) is 9.24. The number of imidazole rings is 1. The lowest BCUT2D eigenvalue weighted by Crippen LogP contribution is -2.15. The van der Waals surface area contributed by atoms with Crippen LogP contribution >= 0.6 is 23.2 Å². The summed E-state index contributed by atoms with van der Waals surface area (Å²) in [6.07, 6.45) is 9.21. The van der Waals surface area contributed by atoms with Crippen molar-refractivity contribution in [2.24, 2.45) is 0 Å². The molecular formula is C21H13Cl2FN7+. The second-order valence-electron chi connectivity index (χ2n) is 6.81.